The number of hydrogen-bond acceptors (Lipinski definition) is 7. The van der Waals surface area contributed by atoms with E-state index in [2.05, 4.69) is 9.88 Å². The maximum atomic E-state index is 11.8. The Morgan fingerprint density at radius 3 is 2.36 bits per heavy atom. The number of pyridine rings is 1. The van der Waals surface area contributed by atoms with Gasteiger partial charge in [-0.25, -0.2) is 4.79 Å². The first-order valence-corrected chi connectivity index (χ1v) is 9.00. The van der Waals surface area contributed by atoms with E-state index in [1.54, 1.807) is 30.6 Å². The number of carbonyl (C=O) groups is 1. The van der Waals surface area contributed by atoms with Gasteiger partial charge in [0.2, 0.25) is 0 Å². The van der Waals surface area contributed by atoms with Crippen LogP contribution in [0.4, 0.5) is 5.69 Å². The lowest BCUT2D eigenvalue weighted by atomic mass is 10.1. The summed E-state index contributed by atoms with van der Waals surface area (Å²) in [6.07, 6.45) is 3.22. The third-order valence-corrected chi connectivity index (χ3v) is 4.83. The zero-order valence-electron chi connectivity index (χ0n) is 15.3. The number of ether oxygens (including phenoxy) is 1. The second-order valence-corrected chi connectivity index (χ2v) is 6.55. The summed E-state index contributed by atoms with van der Waals surface area (Å²) in [4.78, 5) is 30.8. The topological polar surface area (TPSA) is 109 Å². The quantitative estimate of drug-likeness (QED) is 0.415. The monoisotopic (exact) mass is 386 g/mol. The molecular formula is C19H22N4O5. The van der Waals surface area contributed by atoms with Crippen molar-refractivity contribution in [1.82, 2.24) is 9.88 Å². The first kappa shape index (κ1) is 19.6. The molecule has 1 aliphatic rings. The van der Waals surface area contributed by atoms with Gasteiger partial charge in [-0.2, -0.15) is 0 Å². The molecule has 0 bridgehead atoms. The van der Waals surface area contributed by atoms with Crippen LogP contribution in [-0.4, -0.2) is 64.3 Å². The van der Waals surface area contributed by atoms with Crippen LogP contribution in [0, 0.1) is 10.1 Å². The van der Waals surface area contributed by atoms with Crippen molar-refractivity contribution in [3.05, 3.63) is 65.0 Å². The molecule has 0 saturated carbocycles. The van der Waals surface area contributed by atoms with Crippen LogP contribution in [0.5, 0.6) is 5.75 Å². The maximum Gasteiger partial charge on any atom is 0.461 e. The number of benzene rings is 1. The van der Waals surface area contributed by atoms with Crippen LogP contribution in [0.1, 0.15) is 6.42 Å². The fourth-order valence-electron chi connectivity index (χ4n) is 3.19. The van der Waals surface area contributed by atoms with E-state index in [4.69, 9.17) is 4.74 Å². The molecule has 1 aliphatic heterocycles. The molecule has 1 N–H and O–H groups in total. The molecule has 0 radical (unpaired) electrons. The standard InChI is InChI=1S/C19H22N4O5/c24-18(25)19(23(26)27,28-17-4-2-1-3-5-17)8-11-21-12-14-22(15-13-21)16-6-9-20-10-7-16/h1-7,9-10H,8,11-15H2,(H,24,25). The van der Waals surface area contributed by atoms with Crippen LogP contribution in [0.2, 0.25) is 0 Å². The lowest BCUT2D eigenvalue weighted by Gasteiger charge is -2.36. The van der Waals surface area contributed by atoms with Gasteiger partial charge in [0.05, 0.1) is 11.3 Å². The number of nitrogens with zero attached hydrogens (tertiary/aromatic N) is 4. The lowest BCUT2D eigenvalue weighted by molar-refractivity contribution is -0.600. The predicted octanol–water partition coefficient (Wildman–Crippen LogP) is 1.73. The van der Waals surface area contributed by atoms with Crippen molar-refractivity contribution in [3.63, 3.8) is 0 Å². The molecule has 0 amide bonds. The Morgan fingerprint density at radius 2 is 1.79 bits per heavy atom. The zero-order chi connectivity index (χ0) is 20.0. The van der Waals surface area contributed by atoms with E-state index in [0.29, 0.717) is 13.1 Å². The minimum Gasteiger partial charge on any atom is -0.473 e. The van der Waals surface area contributed by atoms with Gasteiger partial charge in [0.1, 0.15) is 5.75 Å². The van der Waals surface area contributed by atoms with Crippen LogP contribution in [0.3, 0.4) is 0 Å². The SMILES string of the molecule is O=C(O)C(CCN1CCN(c2ccncc2)CC1)(Oc1ccccc1)[N+](=O)[O-]. The van der Waals surface area contributed by atoms with E-state index in [-0.39, 0.29) is 18.7 Å². The van der Waals surface area contributed by atoms with Crippen molar-refractivity contribution in [3.8, 4) is 5.75 Å². The van der Waals surface area contributed by atoms with Gasteiger partial charge in [-0.15, -0.1) is 0 Å². The smallest absolute Gasteiger partial charge is 0.461 e. The van der Waals surface area contributed by atoms with Crippen LogP contribution in [0.15, 0.2) is 54.9 Å². The number of nitro groups is 1. The number of anilines is 1. The Kier molecular flexibility index (Phi) is 6.05. The van der Waals surface area contributed by atoms with Crippen LogP contribution in [0.25, 0.3) is 0 Å². The van der Waals surface area contributed by atoms with Crippen LogP contribution in [-0.2, 0) is 4.79 Å². The highest BCUT2D eigenvalue weighted by Crippen LogP contribution is 2.24. The second kappa shape index (κ2) is 8.66. The van der Waals surface area contributed by atoms with Gasteiger partial charge in [-0.05, 0) is 24.3 Å². The highest BCUT2D eigenvalue weighted by atomic mass is 16.7. The predicted molar refractivity (Wildman–Crippen MR) is 102 cm³/mol. The van der Waals surface area contributed by atoms with Crippen molar-refractivity contribution in [1.29, 1.82) is 0 Å². The molecule has 2 aromatic rings. The molecule has 28 heavy (non-hydrogen) atoms. The van der Waals surface area contributed by atoms with Gasteiger partial charge < -0.3 is 14.7 Å². The van der Waals surface area contributed by atoms with Gasteiger partial charge >= 0.3 is 11.7 Å². The molecular weight excluding hydrogens is 364 g/mol. The molecule has 1 fully saturated rings. The molecule has 1 aromatic carbocycles. The summed E-state index contributed by atoms with van der Waals surface area (Å²) in [5.41, 5.74) is -1.43. The molecule has 2 heterocycles. The minimum absolute atomic E-state index is 0.157. The van der Waals surface area contributed by atoms with E-state index in [9.17, 15) is 20.0 Å². The fourth-order valence-corrected chi connectivity index (χ4v) is 3.19. The first-order valence-electron chi connectivity index (χ1n) is 9.00. The Balaban J connectivity index is 1.63. The van der Waals surface area contributed by atoms with E-state index in [0.717, 1.165) is 18.8 Å². The molecule has 1 saturated heterocycles. The largest absolute Gasteiger partial charge is 0.473 e. The van der Waals surface area contributed by atoms with E-state index in [1.807, 2.05) is 17.0 Å². The second-order valence-electron chi connectivity index (χ2n) is 6.55. The molecule has 9 nitrogen and oxygen atoms in total. The number of carboxylic acids is 1. The van der Waals surface area contributed by atoms with Gasteiger partial charge in [0.15, 0.2) is 0 Å². The average molecular weight is 386 g/mol. The number of aromatic nitrogens is 1. The third kappa shape index (κ3) is 4.37. The van der Waals surface area contributed by atoms with E-state index < -0.39 is 16.6 Å². The highest BCUT2D eigenvalue weighted by Gasteiger charge is 2.54. The Bertz CT molecular complexity index is 780. The number of para-hydroxylation sites is 1. The number of rotatable bonds is 8. The summed E-state index contributed by atoms with van der Waals surface area (Å²) >= 11 is 0. The summed E-state index contributed by atoms with van der Waals surface area (Å²) in [6.45, 7) is 3.12. The van der Waals surface area contributed by atoms with Crippen LogP contribution < -0.4 is 9.64 Å². The minimum atomic E-state index is -2.51. The molecule has 1 atom stereocenters. The number of hydrogen-bond donors (Lipinski definition) is 1. The zero-order valence-corrected chi connectivity index (χ0v) is 15.3. The van der Waals surface area contributed by atoms with Gasteiger partial charge in [-0.3, -0.25) is 20.0 Å². The number of piperazine rings is 1. The molecule has 9 heteroatoms. The summed E-state index contributed by atoms with van der Waals surface area (Å²) < 4.78 is 5.36. The Labute approximate surface area is 162 Å². The maximum absolute atomic E-state index is 11.8. The highest BCUT2D eigenvalue weighted by molar-refractivity contribution is 5.75. The molecule has 0 aliphatic carbocycles. The van der Waals surface area contributed by atoms with Crippen molar-refractivity contribution in [2.45, 2.75) is 12.1 Å². The van der Waals surface area contributed by atoms with Crippen LogP contribution >= 0.6 is 0 Å². The molecule has 1 aromatic heterocycles. The van der Waals surface area contributed by atoms with E-state index in [1.165, 1.54) is 12.1 Å². The Hall–Kier alpha value is -3.20. The van der Waals surface area contributed by atoms with Gasteiger partial charge in [-0.1, -0.05) is 18.2 Å². The van der Waals surface area contributed by atoms with Crippen molar-refractivity contribution < 1.29 is 19.6 Å². The normalized spacial score (nSPS) is 16.9. The third-order valence-electron chi connectivity index (χ3n) is 4.83. The summed E-state index contributed by atoms with van der Waals surface area (Å²) in [7, 11) is 0. The molecule has 1 unspecified atom stereocenters. The Morgan fingerprint density at radius 1 is 1.14 bits per heavy atom. The lowest BCUT2D eigenvalue weighted by Crippen LogP contribution is -2.55. The molecule has 3 rings (SSSR count). The van der Waals surface area contributed by atoms with Gasteiger partial charge in [0, 0.05) is 50.8 Å². The van der Waals surface area contributed by atoms with Crippen molar-refractivity contribution in [2.24, 2.45) is 0 Å². The fraction of sp³-hybridized carbons (Fsp3) is 0.368. The summed E-state index contributed by atoms with van der Waals surface area (Å²) in [5, 5.41) is 21.2. The van der Waals surface area contributed by atoms with E-state index >= 15 is 0 Å². The van der Waals surface area contributed by atoms with Gasteiger partial charge in [0.25, 0.3) is 0 Å². The number of aliphatic carboxylic acids is 1. The summed E-state index contributed by atoms with van der Waals surface area (Å²) in [5.74, 6) is -1.44. The van der Waals surface area contributed by atoms with Crippen molar-refractivity contribution >= 4 is 11.7 Å². The van der Waals surface area contributed by atoms with Crippen molar-refractivity contribution in [2.75, 3.05) is 37.6 Å². The molecule has 0 spiro atoms. The first-order chi connectivity index (χ1) is 13.5. The molecule has 148 valence electrons. The average Bonchev–Trinajstić information content (AvgIpc) is 2.72. The summed E-state index contributed by atoms with van der Waals surface area (Å²) in [6, 6.07) is 11.9. The number of carboxylic acid groups (broad SMARTS) is 1.